The summed E-state index contributed by atoms with van der Waals surface area (Å²) in [4.78, 5) is 25.1. The van der Waals surface area contributed by atoms with Crippen molar-refractivity contribution in [2.75, 3.05) is 0 Å². The highest BCUT2D eigenvalue weighted by molar-refractivity contribution is 7.90. The number of benzene rings is 1. The number of rotatable bonds is 6. The molecule has 0 unspecified atom stereocenters. The van der Waals surface area contributed by atoms with Gasteiger partial charge in [0.2, 0.25) is 26.0 Å². The molecule has 5 heterocycles. The van der Waals surface area contributed by atoms with Gasteiger partial charge in [0, 0.05) is 95.9 Å². The van der Waals surface area contributed by atoms with Crippen LogP contribution < -0.4 is 4.72 Å². The van der Waals surface area contributed by atoms with Gasteiger partial charge >= 0.3 is 0 Å². The molecule has 8 rings (SSSR count). The van der Waals surface area contributed by atoms with Crippen LogP contribution in [0.2, 0.25) is 0 Å². The van der Waals surface area contributed by atoms with Gasteiger partial charge in [-0.15, -0.1) is 0 Å². The van der Waals surface area contributed by atoms with E-state index >= 15 is 0 Å². The molecule has 0 spiro atoms. The highest BCUT2D eigenvalue weighted by Gasteiger charge is 2.64. The molecule has 1 amide bonds. The van der Waals surface area contributed by atoms with Crippen LogP contribution in [0.5, 0.6) is 0 Å². The number of carbonyl (C=O) groups is 1. The Kier molecular flexibility index (Phi) is 13.2. The van der Waals surface area contributed by atoms with E-state index in [2.05, 4.69) is 31.8 Å². The van der Waals surface area contributed by atoms with Gasteiger partial charge in [0.05, 0.1) is 33.5 Å². The zero-order valence-electron chi connectivity index (χ0n) is 37.0. The van der Waals surface area contributed by atoms with Crippen molar-refractivity contribution >= 4 is 38.1 Å². The largest absolute Gasteiger partial charge is 0.274 e. The van der Waals surface area contributed by atoms with E-state index < -0.39 is 109 Å². The second-order valence-corrected chi connectivity index (χ2v) is 21.6. The Hall–Kier alpha value is -5.82. The summed E-state index contributed by atoms with van der Waals surface area (Å²) in [5, 5.41) is 16.2. The van der Waals surface area contributed by atoms with Gasteiger partial charge in [-0.05, 0) is 75.1 Å². The quantitative estimate of drug-likeness (QED) is 0.184. The van der Waals surface area contributed by atoms with Gasteiger partial charge in [0.1, 0.15) is 11.8 Å². The average Bonchev–Trinajstić information content (AvgIpc) is 3.61. The summed E-state index contributed by atoms with van der Waals surface area (Å²) in [6, 6.07) is 20.9. The number of amides is 1. The number of fused-ring (bicyclic) bond motifs is 2. The van der Waals surface area contributed by atoms with Gasteiger partial charge in [-0.1, -0.05) is 56.3 Å². The number of alkyl halides is 4. The van der Waals surface area contributed by atoms with Crippen LogP contribution in [0.1, 0.15) is 75.8 Å². The van der Waals surface area contributed by atoms with Crippen LogP contribution in [0.25, 0.3) is 34.4 Å². The van der Waals surface area contributed by atoms with E-state index in [0.717, 1.165) is 27.9 Å². The van der Waals surface area contributed by atoms with Crippen molar-refractivity contribution in [1.82, 2.24) is 24.0 Å². The van der Waals surface area contributed by atoms with Crippen LogP contribution in [0.15, 0.2) is 85.2 Å². The van der Waals surface area contributed by atoms with Gasteiger partial charge in [-0.25, -0.2) is 48.4 Å². The molecule has 0 radical (unpaired) electrons. The highest BCUT2D eigenvalue weighted by Crippen LogP contribution is 2.54. The fraction of sp³-hybridized carbons (Fsp3) is 0.417. The lowest BCUT2D eigenvalue weighted by Crippen LogP contribution is -2.49. The van der Waals surface area contributed by atoms with Crippen molar-refractivity contribution in [2.24, 2.45) is 35.5 Å². The third-order valence-corrected chi connectivity index (χ3v) is 18.2. The molecule has 2 saturated carbocycles. The molecule has 4 aliphatic rings. The minimum absolute atomic E-state index is 0.274. The first-order valence-corrected chi connectivity index (χ1v) is 24.5. The maximum Gasteiger partial charge on any atom is 0.252 e. The SMILES string of the molecule is CC(=O)N1[C@H](C)[C@H]2[C@@H](/C=C/c3ccc(-c4cccnc4C#N)c(C)n3)[C@H](C)C(F)(F)C[C@H]2S1(=O)=O.C[C@@H]1[C@H](/C=C/c2ccc(-c3ccccc3C#N)cn2)[C@H]2[C@@H](CC1(F)F)S(=O)(=O)N[C@@H]2C. The van der Waals surface area contributed by atoms with Crippen LogP contribution in [-0.4, -0.2) is 76.4 Å². The molecule has 4 fully saturated rings. The van der Waals surface area contributed by atoms with Crippen molar-refractivity contribution < 1.29 is 39.2 Å². The lowest BCUT2D eigenvalue weighted by atomic mass is 9.67. The topological polar surface area (TPSA) is 187 Å². The average molecular weight is 944 g/mol. The smallest absolute Gasteiger partial charge is 0.252 e. The second-order valence-electron chi connectivity index (χ2n) is 17.7. The number of halogens is 4. The van der Waals surface area contributed by atoms with E-state index in [-0.39, 0.29) is 5.69 Å². The van der Waals surface area contributed by atoms with E-state index in [9.17, 15) is 49.7 Å². The number of sulfonamides is 2. The number of nitrogens with zero attached hydrogens (tertiary/aromatic N) is 6. The number of allylic oxidation sites excluding steroid dienone is 2. The van der Waals surface area contributed by atoms with Crippen molar-refractivity contribution in [2.45, 2.75) is 88.8 Å². The van der Waals surface area contributed by atoms with Gasteiger partial charge in [-0.2, -0.15) is 10.5 Å². The number of hydrogen-bond donors (Lipinski definition) is 1. The van der Waals surface area contributed by atoms with Crippen LogP contribution in [0.4, 0.5) is 17.6 Å². The second kappa shape index (κ2) is 18.1. The number of aromatic nitrogens is 3. The first-order valence-electron chi connectivity index (χ1n) is 21.5. The number of aryl methyl sites for hydroxylation is 1. The normalized spacial score (nSPS) is 30.1. The summed E-state index contributed by atoms with van der Waals surface area (Å²) in [5.41, 5.74) is 5.48. The maximum absolute atomic E-state index is 14.9. The van der Waals surface area contributed by atoms with Crippen LogP contribution in [-0.2, 0) is 24.8 Å². The minimum Gasteiger partial charge on any atom is -0.274 e. The number of nitriles is 2. The monoisotopic (exact) mass is 943 g/mol. The van der Waals surface area contributed by atoms with Gasteiger partial charge in [-0.3, -0.25) is 14.8 Å². The fourth-order valence-electron chi connectivity index (χ4n) is 10.4. The van der Waals surface area contributed by atoms with Crippen LogP contribution in [0.3, 0.4) is 0 Å². The Morgan fingerprint density at radius 3 is 1.98 bits per heavy atom. The van der Waals surface area contributed by atoms with E-state index in [0.29, 0.717) is 28.2 Å². The molecule has 10 atom stereocenters. The third-order valence-electron chi connectivity index (χ3n) is 13.8. The zero-order chi connectivity index (χ0) is 48.1. The summed E-state index contributed by atoms with van der Waals surface area (Å²) >= 11 is 0. The van der Waals surface area contributed by atoms with Crippen molar-refractivity contribution in [3.05, 3.63) is 114 Å². The van der Waals surface area contributed by atoms with E-state index in [1.165, 1.54) is 20.0 Å². The lowest BCUT2D eigenvalue weighted by molar-refractivity contribution is -0.127. The maximum atomic E-state index is 14.9. The number of carbonyl (C=O) groups excluding carboxylic acids is 1. The number of hydrogen-bond acceptors (Lipinski definition) is 10. The van der Waals surface area contributed by atoms with Crippen LogP contribution >= 0.6 is 0 Å². The fourth-order valence-corrected chi connectivity index (χ4v) is 15.0. The van der Waals surface area contributed by atoms with Crippen LogP contribution in [0, 0.1) is 65.1 Å². The lowest BCUT2D eigenvalue weighted by Gasteiger charge is -2.42. The van der Waals surface area contributed by atoms with E-state index in [1.54, 1.807) is 93.7 Å². The first-order chi connectivity index (χ1) is 31.0. The molecule has 4 aromatic rings. The molecule has 0 bridgehead atoms. The van der Waals surface area contributed by atoms with E-state index in [1.807, 2.05) is 18.2 Å². The van der Waals surface area contributed by atoms with Gasteiger partial charge < -0.3 is 0 Å². The Morgan fingerprint density at radius 2 is 1.38 bits per heavy atom. The predicted molar refractivity (Wildman–Crippen MR) is 241 cm³/mol. The summed E-state index contributed by atoms with van der Waals surface area (Å²) in [6.45, 7) is 9.18. The minimum atomic E-state index is -4.17. The molecule has 66 heavy (non-hydrogen) atoms. The number of pyridine rings is 3. The molecule has 346 valence electrons. The molecule has 18 heteroatoms. The summed E-state index contributed by atoms with van der Waals surface area (Å²) < 4.78 is 113. The summed E-state index contributed by atoms with van der Waals surface area (Å²) in [6.07, 6.45) is 8.33. The highest BCUT2D eigenvalue weighted by atomic mass is 32.2. The molecule has 3 aromatic heterocycles. The predicted octanol–water partition coefficient (Wildman–Crippen LogP) is 8.42. The van der Waals surface area contributed by atoms with Crippen molar-refractivity contribution in [1.29, 1.82) is 10.5 Å². The summed E-state index contributed by atoms with van der Waals surface area (Å²) in [7, 11) is -7.93. The number of nitrogens with one attached hydrogen (secondary N) is 1. The summed E-state index contributed by atoms with van der Waals surface area (Å²) in [5.74, 6) is -11.5. The van der Waals surface area contributed by atoms with Crippen molar-refractivity contribution in [3.8, 4) is 34.4 Å². The van der Waals surface area contributed by atoms with Gasteiger partial charge in [0.15, 0.2) is 0 Å². The molecular formula is C48H49F4N7O5S2. The molecule has 12 nitrogen and oxygen atoms in total. The Morgan fingerprint density at radius 1 is 0.773 bits per heavy atom. The van der Waals surface area contributed by atoms with Crippen molar-refractivity contribution in [3.63, 3.8) is 0 Å². The third kappa shape index (κ3) is 8.90. The van der Waals surface area contributed by atoms with Gasteiger partial charge in [0.25, 0.3) is 11.8 Å². The molecular weight excluding hydrogens is 895 g/mol. The molecule has 2 aliphatic carbocycles. The molecule has 2 saturated heterocycles. The Bertz CT molecular complexity index is 2900. The molecule has 1 N–H and O–H groups in total. The Labute approximate surface area is 382 Å². The zero-order valence-corrected chi connectivity index (χ0v) is 38.6. The van der Waals surface area contributed by atoms with E-state index in [4.69, 9.17) is 0 Å². The first kappa shape index (κ1) is 48.1. The Balaban J connectivity index is 0.000000198. The standard InChI is InChI=1S/C25H26F2N4O3S.C23H23F2N3O2S/c1-14-19(24-16(3)31(17(4)32)35(33,34)23(24)12-25(14,26)27)9-7-18-8-10-20(15(2)30-18)21-6-5-11-29-22(21)13-28;1-14-19(22-15(2)28-31(29,30)21(22)11-23(14,24)25)10-9-18-8-7-17(13-27-18)20-6-4-3-5-16(20)12-26/h5-11,14,16,19,23-24H,12H2,1-4H3;3-10,13-15,19,21-22,28H,11H2,1-2H3/b9-7+;10-9+/t14-,16+,19-,23+,24-;14-,15-,19+,21-,22+/m01/s1. The molecule has 1 aromatic carbocycles. The molecule has 2 aliphatic heterocycles.